The van der Waals surface area contributed by atoms with Crippen LogP contribution in [0, 0.1) is 6.08 Å². The van der Waals surface area contributed by atoms with Crippen LogP contribution in [0.1, 0.15) is 6.42 Å². The van der Waals surface area contributed by atoms with E-state index in [0.717, 1.165) is 13.0 Å². The molecule has 1 rings (SSSR count). The third-order valence-electron chi connectivity index (χ3n) is 1.25. The van der Waals surface area contributed by atoms with Crippen molar-refractivity contribution in [3.63, 3.8) is 0 Å². The number of hydrogen-bond donors (Lipinski definition) is 0. The smallest absolute Gasteiger partial charge is 0 e. The molecular weight excluding hydrogens is 264 g/mol. The second-order valence-corrected chi connectivity index (χ2v) is 2.55. The van der Waals surface area contributed by atoms with Gasteiger partial charge in [-0.2, -0.15) is 6.08 Å². The fourth-order valence-electron chi connectivity index (χ4n) is 0.899. The van der Waals surface area contributed by atoms with Gasteiger partial charge in [-0.25, -0.2) is 11.6 Å². The van der Waals surface area contributed by atoms with Crippen LogP contribution in [0.15, 0.2) is 17.7 Å². The molecule has 5 heteroatoms. The zero-order valence-corrected chi connectivity index (χ0v) is 11.8. The second kappa shape index (κ2) is 13.0. The monoisotopic (exact) mass is 278 g/mol. The van der Waals surface area contributed by atoms with E-state index in [1.165, 1.54) is 5.57 Å². The van der Waals surface area contributed by atoms with Crippen molar-refractivity contribution in [1.82, 2.24) is 4.90 Å². The average molecular weight is 279 g/mol. The molecular formula is C8H15Cl3NTi-. The van der Waals surface area contributed by atoms with E-state index in [1.54, 1.807) is 0 Å². The predicted octanol–water partition coefficient (Wildman–Crippen LogP) is 2.50. The summed E-state index contributed by atoms with van der Waals surface area (Å²) < 4.78 is 0. The Balaban J connectivity index is -0.000000101. The molecule has 13 heavy (non-hydrogen) atoms. The van der Waals surface area contributed by atoms with Gasteiger partial charge in [0.2, 0.25) is 0 Å². The van der Waals surface area contributed by atoms with Crippen molar-refractivity contribution < 1.29 is 21.7 Å². The molecule has 1 aliphatic rings. The molecule has 1 nitrogen and oxygen atoms in total. The molecule has 0 fully saturated rings. The molecule has 0 N–H and O–H groups in total. The van der Waals surface area contributed by atoms with Crippen molar-refractivity contribution in [3.05, 3.63) is 23.8 Å². The first-order valence-corrected chi connectivity index (χ1v) is 3.20. The van der Waals surface area contributed by atoms with E-state index in [4.69, 9.17) is 0 Å². The molecule has 0 saturated carbocycles. The van der Waals surface area contributed by atoms with Crippen LogP contribution in [0.2, 0.25) is 0 Å². The van der Waals surface area contributed by atoms with Gasteiger partial charge in [0.25, 0.3) is 0 Å². The Hall–Kier alpha value is 1.02. The third-order valence-corrected chi connectivity index (χ3v) is 1.25. The molecule has 0 aliphatic heterocycles. The average Bonchev–Trinajstić information content (AvgIpc) is 2.15. The van der Waals surface area contributed by atoms with E-state index < -0.39 is 0 Å². The molecule has 0 aromatic carbocycles. The van der Waals surface area contributed by atoms with Gasteiger partial charge in [-0.15, -0.1) is 43.6 Å². The quantitative estimate of drug-likeness (QED) is 0.554. The van der Waals surface area contributed by atoms with E-state index >= 15 is 0 Å². The molecule has 0 unspecified atom stereocenters. The van der Waals surface area contributed by atoms with Gasteiger partial charge in [-0.1, -0.05) is 0 Å². The van der Waals surface area contributed by atoms with E-state index in [0.29, 0.717) is 0 Å². The fraction of sp³-hybridized carbons (Fsp3) is 0.500. The molecule has 0 bridgehead atoms. The zero-order valence-electron chi connectivity index (χ0n) is 7.74. The Morgan fingerprint density at radius 3 is 2.15 bits per heavy atom. The van der Waals surface area contributed by atoms with Gasteiger partial charge in [-0.05, 0) is 20.6 Å². The van der Waals surface area contributed by atoms with Gasteiger partial charge in [0.15, 0.2) is 0 Å². The SMILES string of the molecule is CN(C)CC1=[C-]CC=C1.Cl.Cl.Cl.[Ti]. The summed E-state index contributed by atoms with van der Waals surface area (Å²) in [6.45, 7) is 1.02. The van der Waals surface area contributed by atoms with E-state index in [-0.39, 0.29) is 58.9 Å². The summed E-state index contributed by atoms with van der Waals surface area (Å²) in [5.41, 5.74) is 1.32. The minimum absolute atomic E-state index is 0. The molecule has 0 aromatic rings. The first kappa shape index (κ1) is 23.7. The summed E-state index contributed by atoms with van der Waals surface area (Å²) in [4.78, 5) is 2.15. The summed E-state index contributed by atoms with van der Waals surface area (Å²) in [7, 11) is 4.14. The first-order valence-electron chi connectivity index (χ1n) is 3.20. The van der Waals surface area contributed by atoms with Crippen molar-refractivity contribution in [2.24, 2.45) is 0 Å². The maximum Gasteiger partial charge on any atom is 0 e. The van der Waals surface area contributed by atoms with Crippen molar-refractivity contribution in [1.29, 1.82) is 0 Å². The summed E-state index contributed by atoms with van der Waals surface area (Å²) in [5, 5.41) is 0. The third kappa shape index (κ3) is 10.9. The van der Waals surface area contributed by atoms with E-state index in [2.05, 4.69) is 37.2 Å². The molecule has 0 atom stereocenters. The molecule has 0 aromatic heterocycles. The first-order chi connectivity index (χ1) is 4.29. The van der Waals surface area contributed by atoms with Crippen LogP contribution >= 0.6 is 37.2 Å². The van der Waals surface area contributed by atoms with Gasteiger partial charge >= 0.3 is 0 Å². The van der Waals surface area contributed by atoms with Crippen molar-refractivity contribution in [2.45, 2.75) is 6.42 Å². The van der Waals surface area contributed by atoms with E-state index in [9.17, 15) is 0 Å². The molecule has 0 radical (unpaired) electrons. The molecule has 0 saturated heterocycles. The summed E-state index contributed by atoms with van der Waals surface area (Å²) in [5.74, 6) is 0. The molecule has 1 aliphatic carbocycles. The normalized spacial score (nSPS) is 11.8. The number of nitrogens with zero attached hydrogens (tertiary/aromatic N) is 1. The number of likely N-dealkylation sites (N-methyl/N-ethyl adjacent to an activating group) is 1. The minimum atomic E-state index is 0. The van der Waals surface area contributed by atoms with Crippen LogP contribution < -0.4 is 0 Å². The van der Waals surface area contributed by atoms with Gasteiger partial charge in [0.1, 0.15) is 0 Å². The number of hydrogen-bond acceptors (Lipinski definition) is 1. The van der Waals surface area contributed by atoms with Crippen LogP contribution in [0.25, 0.3) is 0 Å². The summed E-state index contributed by atoms with van der Waals surface area (Å²) in [6, 6.07) is 0. The van der Waals surface area contributed by atoms with Crippen LogP contribution in [0.4, 0.5) is 0 Å². The maximum absolute atomic E-state index is 3.25. The molecule has 0 amide bonds. The van der Waals surface area contributed by atoms with Crippen molar-refractivity contribution in [3.8, 4) is 0 Å². The maximum atomic E-state index is 3.25. The van der Waals surface area contributed by atoms with Crippen LogP contribution in [-0.4, -0.2) is 25.5 Å². The number of allylic oxidation sites excluding steroid dienone is 2. The van der Waals surface area contributed by atoms with Crippen molar-refractivity contribution in [2.75, 3.05) is 20.6 Å². The fourth-order valence-corrected chi connectivity index (χ4v) is 0.899. The predicted molar refractivity (Wildman–Crippen MR) is 60.8 cm³/mol. The van der Waals surface area contributed by atoms with Gasteiger partial charge < -0.3 is 4.90 Å². The van der Waals surface area contributed by atoms with Gasteiger partial charge in [0.05, 0.1) is 0 Å². The number of rotatable bonds is 2. The Bertz CT molecular complexity index is 157. The van der Waals surface area contributed by atoms with Crippen LogP contribution in [-0.2, 0) is 21.7 Å². The largest absolute Gasteiger partial charge is 0.308 e. The molecule has 78 valence electrons. The Morgan fingerprint density at radius 2 is 1.85 bits per heavy atom. The Labute approximate surface area is 114 Å². The summed E-state index contributed by atoms with van der Waals surface area (Å²) in [6.07, 6.45) is 8.53. The van der Waals surface area contributed by atoms with Gasteiger partial charge in [0, 0.05) is 21.7 Å². The van der Waals surface area contributed by atoms with Crippen LogP contribution in [0.3, 0.4) is 0 Å². The summed E-state index contributed by atoms with van der Waals surface area (Å²) >= 11 is 0. The van der Waals surface area contributed by atoms with Crippen LogP contribution in [0.5, 0.6) is 0 Å². The van der Waals surface area contributed by atoms with Gasteiger partial charge in [-0.3, -0.25) is 6.08 Å². The Morgan fingerprint density at radius 1 is 1.31 bits per heavy atom. The van der Waals surface area contributed by atoms with E-state index in [1.807, 2.05) is 0 Å². The van der Waals surface area contributed by atoms with Crippen molar-refractivity contribution >= 4 is 37.2 Å². The topological polar surface area (TPSA) is 3.24 Å². The Kier molecular flexibility index (Phi) is 23.7. The second-order valence-electron chi connectivity index (χ2n) is 2.55. The standard InChI is InChI=1S/C8H12N.3ClH.Ti/c1-9(2)7-8-5-3-4-6-8;;;;/h3,5H,4,7H2,1-2H3;3*1H;/q-1;;;;. The zero-order chi connectivity index (χ0) is 6.69. The minimum Gasteiger partial charge on any atom is -0.308 e. The molecule has 0 spiro atoms. The number of halogens is 3. The molecule has 0 heterocycles.